The van der Waals surface area contributed by atoms with Crippen LogP contribution in [0.5, 0.6) is 11.5 Å². The van der Waals surface area contributed by atoms with Gasteiger partial charge in [0, 0.05) is 33.7 Å². The van der Waals surface area contributed by atoms with Gasteiger partial charge in [0.2, 0.25) is 6.41 Å². The number of rotatable bonds is 9. The molecule has 1 aromatic carbocycles. The third kappa shape index (κ3) is 9.65. The Morgan fingerprint density at radius 3 is 2.38 bits per heavy atom. The van der Waals surface area contributed by atoms with Gasteiger partial charge in [0.1, 0.15) is 0 Å². The van der Waals surface area contributed by atoms with Crippen LogP contribution in [0.3, 0.4) is 0 Å². The molecule has 11 nitrogen and oxygen atoms in total. The number of nitrogens with one attached hydrogen (secondary N) is 1. The summed E-state index contributed by atoms with van der Waals surface area (Å²) in [7, 11) is 4.80. The van der Waals surface area contributed by atoms with E-state index >= 15 is 0 Å². The number of hydrogen-bond acceptors (Lipinski definition) is 8. The second-order valence-electron chi connectivity index (χ2n) is 6.75. The van der Waals surface area contributed by atoms with E-state index in [9.17, 15) is 19.2 Å². The fourth-order valence-corrected chi connectivity index (χ4v) is 2.42. The molecule has 0 radical (unpaired) electrons. The molecule has 11 heteroatoms. The lowest BCUT2D eigenvalue weighted by Crippen LogP contribution is -2.43. The molecule has 2 rings (SSSR count). The van der Waals surface area contributed by atoms with Gasteiger partial charge in [-0.25, -0.2) is 4.79 Å². The van der Waals surface area contributed by atoms with Gasteiger partial charge in [-0.2, -0.15) is 0 Å². The van der Waals surface area contributed by atoms with E-state index in [1.165, 1.54) is 30.2 Å². The Balaban J connectivity index is 0.000000920. The maximum Gasteiger partial charge on any atom is 0.338 e. The number of ether oxygens (including phenoxy) is 4. The summed E-state index contributed by atoms with van der Waals surface area (Å²) in [5.74, 6) is -0.558. The first kappa shape index (κ1) is 26.7. The third-order valence-corrected chi connectivity index (χ3v) is 4.03. The van der Waals surface area contributed by atoms with Crippen LogP contribution in [-0.4, -0.2) is 101 Å². The second-order valence-corrected chi connectivity index (χ2v) is 6.75. The van der Waals surface area contributed by atoms with E-state index in [4.69, 9.17) is 18.9 Å². The Kier molecular flexibility index (Phi) is 12.2. The number of likely N-dealkylation sites (N-methyl/N-ethyl adjacent to an activating group) is 1. The molecule has 0 spiro atoms. The van der Waals surface area contributed by atoms with E-state index in [2.05, 4.69) is 5.32 Å². The van der Waals surface area contributed by atoms with Gasteiger partial charge in [-0.1, -0.05) is 0 Å². The number of methoxy groups -OCH3 is 1. The molecule has 1 aromatic rings. The first-order valence-electron chi connectivity index (χ1n) is 10.0. The summed E-state index contributed by atoms with van der Waals surface area (Å²) in [4.78, 5) is 48.1. The highest BCUT2D eigenvalue weighted by molar-refractivity contribution is 5.92. The van der Waals surface area contributed by atoms with Gasteiger partial charge in [0.05, 0.1) is 25.9 Å². The molecule has 1 saturated heterocycles. The molecular weight excluding hydrogens is 422 g/mol. The van der Waals surface area contributed by atoms with Crippen molar-refractivity contribution in [3.63, 3.8) is 0 Å². The summed E-state index contributed by atoms with van der Waals surface area (Å²) >= 11 is 0. The topological polar surface area (TPSA) is 124 Å². The zero-order chi connectivity index (χ0) is 23.9. The predicted molar refractivity (Wildman–Crippen MR) is 115 cm³/mol. The van der Waals surface area contributed by atoms with Crippen molar-refractivity contribution in [2.45, 2.75) is 6.92 Å². The normalized spacial score (nSPS) is 12.6. The summed E-state index contributed by atoms with van der Waals surface area (Å²) in [5, 5.41) is 2.53. The number of benzene rings is 1. The Hall–Kier alpha value is -3.34. The van der Waals surface area contributed by atoms with Crippen molar-refractivity contribution in [2.24, 2.45) is 0 Å². The van der Waals surface area contributed by atoms with Crippen molar-refractivity contribution in [2.75, 3.05) is 67.3 Å². The van der Waals surface area contributed by atoms with Gasteiger partial charge in [0.25, 0.3) is 11.8 Å². The summed E-state index contributed by atoms with van der Waals surface area (Å²) in [6.07, 6.45) is 0.750. The number of morpholine rings is 1. The molecule has 0 aromatic heterocycles. The molecule has 0 unspecified atom stereocenters. The van der Waals surface area contributed by atoms with Crippen molar-refractivity contribution < 1.29 is 38.1 Å². The van der Waals surface area contributed by atoms with Crippen LogP contribution in [0.15, 0.2) is 18.2 Å². The zero-order valence-electron chi connectivity index (χ0n) is 18.9. The smallest absolute Gasteiger partial charge is 0.338 e. The minimum Gasteiger partial charge on any atom is -0.493 e. The average molecular weight is 453 g/mol. The maximum absolute atomic E-state index is 12.1. The van der Waals surface area contributed by atoms with E-state index in [-0.39, 0.29) is 36.3 Å². The summed E-state index contributed by atoms with van der Waals surface area (Å²) in [6, 6.07) is 4.44. The first-order chi connectivity index (χ1) is 15.3. The van der Waals surface area contributed by atoms with Gasteiger partial charge in [-0.05, 0) is 25.1 Å². The lowest BCUT2D eigenvalue weighted by molar-refractivity contribution is -0.137. The van der Waals surface area contributed by atoms with Crippen LogP contribution in [0.1, 0.15) is 17.3 Å². The Morgan fingerprint density at radius 2 is 1.81 bits per heavy atom. The molecule has 0 aliphatic carbocycles. The van der Waals surface area contributed by atoms with E-state index in [0.29, 0.717) is 38.6 Å². The van der Waals surface area contributed by atoms with Crippen molar-refractivity contribution in [1.29, 1.82) is 0 Å². The lowest BCUT2D eigenvalue weighted by atomic mass is 10.2. The van der Waals surface area contributed by atoms with Crippen molar-refractivity contribution >= 4 is 24.2 Å². The largest absolute Gasteiger partial charge is 0.493 e. The van der Waals surface area contributed by atoms with E-state index in [0.717, 1.165) is 6.41 Å². The molecule has 3 amide bonds. The van der Waals surface area contributed by atoms with Crippen LogP contribution in [0.2, 0.25) is 0 Å². The highest BCUT2D eigenvalue weighted by atomic mass is 16.5. The molecule has 0 saturated carbocycles. The maximum atomic E-state index is 12.1. The van der Waals surface area contributed by atoms with Crippen molar-refractivity contribution in [3.8, 4) is 11.5 Å². The average Bonchev–Trinajstić information content (AvgIpc) is 2.81. The van der Waals surface area contributed by atoms with Gasteiger partial charge >= 0.3 is 5.97 Å². The van der Waals surface area contributed by atoms with Crippen LogP contribution in [-0.2, 0) is 23.9 Å². The van der Waals surface area contributed by atoms with Gasteiger partial charge in [0.15, 0.2) is 24.7 Å². The fourth-order valence-electron chi connectivity index (χ4n) is 2.42. The summed E-state index contributed by atoms with van der Waals surface area (Å²) in [6.45, 7) is 3.83. The Bertz CT molecular complexity index is 763. The quantitative estimate of drug-likeness (QED) is 0.407. The summed E-state index contributed by atoms with van der Waals surface area (Å²) < 4.78 is 20.9. The minimum atomic E-state index is -0.657. The minimum absolute atomic E-state index is 0.142. The SMILES string of the molecule is CCNC(=O)COC(=O)c1ccc(OCC(=O)N2CCOCC2)c(OC)c1.CN(C)C=O. The molecule has 0 atom stereocenters. The van der Waals surface area contributed by atoms with E-state index < -0.39 is 5.97 Å². The number of carbonyl (C=O) groups excluding carboxylic acids is 4. The van der Waals surface area contributed by atoms with Gasteiger partial charge < -0.3 is 34.1 Å². The lowest BCUT2D eigenvalue weighted by Gasteiger charge is -2.26. The zero-order valence-corrected chi connectivity index (χ0v) is 18.9. The molecule has 1 aliphatic rings. The summed E-state index contributed by atoms with van der Waals surface area (Å²) in [5.41, 5.74) is 0.211. The molecule has 1 fully saturated rings. The molecule has 0 bridgehead atoms. The Morgan fingerprint density at radius 1 is 1.16 bits per heavy atom. The molecule has 32 heavy (non-hydrogen) atoms. The number of esters is 1. The van der Waals surface area contributed by atoms with Crippen molar-refractivity contribution in [1.82, 2.24) is 15.1 Å². The molecular formula is C21H31N3O8. The van der Waals surface area contributed by atoms with Gasteiger partial charge in [-0.15, -0.1) is 0 Å². The highest BCUT2D eigenvalue weighted by Crippen LogP contribution is 2.28. The van der Waals surface area contributed by atoms with Crippen LogP contribution in [0.4, 0.5) is 0 Å². The molecule has 1 N–H and O–H groups in total. The number of hydrogen-bond donors (Lipinski definition) is 1. The van der Waals surface area contributed by atoms with Crippen LogP contribution >= 0.6 is 0 Å². The number of nitrogens with zero attached hydrogens (tertiary/aromatic N) is 2. The van der Waals surface area contributed by atoms with E-state index in [1.54, 1.807) is 25.9 Å². The molecule has 1 aliphatic heterocycles. The molecule has 178 valence electrons. The van der Waals surface area contributed by atoms with Crippen LogP contribution in [0.25, 0.3) is 0 Å². The molecule has 1 heterocycles. The van der Waals surface area contributed by atoms with Crippen LogP contribution < -0.4 is 14.8 Å². The second kappa shape index (κ2) is 14.6. The first-order valence-corrected chi connectivity index (χ1v) is 10.0. The number of amides is 3. The monoisotopic (exact) mass is 453 g/mol. The van der Waals surface area contributed by atoms with E-state index in [1.807, 2.05) is 0 Å². The third-order valence-electron chi connectivity index (χ3n) is 4.03. The van der Waals surface area contributed by atoms with Gasteiger partial charge in [-0.3, -0.25) is 14.4 Å². The van der Waals surface area contributed by atoms with Crippen LogP contribution in [0, 0.1) is 0 Å². The Labute approximate surface area is 187 Å². The predicted octanol–water partition coefficient (Wildman–Crippen LogP) is -0.0699. The number of carbonyl (C=O) groups is 4. The fraction of sp³-hybridized carbons (Fsp3) is 0.524. The highest BCUT2D eigenvalue weighted by Gasteiger charge is 2.19. The standard InChI is InChI=1S/C18H24N2O7.C3H7NO/c1-3-19-16(21)11-27-18(23)13-4-5-14(15(10-13)24-2)26-12-17(22)20-6-8-25-9-7-20;1-4(2)3-5/h4-5,10H,3,6-9,11-12H2,1-2H3,(H,19,21);3H,1-2H3. The van der Waals surface area contributed by atoms with Crippen molar-refractivity contribution in [3.05, 3.63) is 23.8 Å².